The Labute approximate surface area is 233 Å². The van der Waals surface area contributed by atoms with E-state index in [1.807, 2.05) is 17.9 Å². The molecule has 3 aromatic rings. The summed E-state index contributed by atoms with van der Waals surface area (Å²) in [5, 5.41) is 10.3. The number of aromatic nitrogens is 2. The summed E-state index contributed by atoms with van der Waals surface area (Å²) in [4.78, 5) is 26.2. The van der Waals surface area contributed by atoms with Gasteiger partial charge in [0.2, 0.25) is 5.88 Å². The van der Waals surface area contributed by atoms with E-state index in [-0.39, 0.29) is 23.3 Å². The topological polar surface area (TPSA) is 78.8 Å². The lowest BCUT2D eigenvalue weighted by Crippen LogP contribution is -2.56. The van der Waals surface area contributed by atoms with Crippen LogP contribution in [0.1, 0.15) is 60.2 Å². The van der Waals surface area contributed by atoms with Gasteiger partial charge in [-0.25, -0.2) is 4.98 Å². The van der Waals surface area contributed by atoms with E-state index in [2.05, 4.69) is 62.0 Å². The zero-order chi connectivity index (χ0) is 26.7. The zero-order valence-corrected chi connectivity index (χ0v) is 23.6. The molecule has 0 aliphatic carbocycles. The summed E-state index contributed by atoms with van der Waals surface area (Å²) in [5.74, 6) is 0.907. The van der Waals surface area contributed by atoms with E-state index in [1.54, 1.807) is 30.7 Å². The first-order valence-corrected chi connectivity index (χ1v) is 14.1. The van der Waals surface area contributed by atoms with Crippen molar-refractivity contribution in [2.75, 3.05) is 26.2 Å². The van der Waals surface area contributed by atoms with Gasteiger partial charge in [-0.1, -0.05) is 40.2 Å². The Kier molecular flexibility index (Phi) is 8.00. The molecule has 1 unspecified atom stereocenters. The van der Waals surface area contributed by atoms with E-state index in [9.17, 15) is 9.90 Å². The van der Waals surface area contributed by atoms with Crippen molar-refractivity contribution >= 4 is 21.8 Å². The average Bonchev–Trinajstić information content (AvgIpc) is 2.93. The number of rotatable bonds is 6. The van der Waals surface area contributed by atoms with Crippen molar-refractivity contribution in [2.45, 2.75) is 51.2 Å². The fourth-order valence-corrected chi connectivity index (χ4v) is 6.17. The first-order valence-electron chi connectivity index (χ1n) is 13.3. The Bertz CT molecular complexity index is 1220. The van der Waals surface area contributed by atoms with Gasteiger partial charge >= 0.3 is 0 Å². The van der Waals surface area contributed by atoms with Gasteiger partial charge in [0.05, 0.1) is 11.8 Å². The fourth-order valence-electron chi connectivity index (χ4n) is 5.90. The molecular formula is C30H35BrN4O3. The van der Waals surface area contributed by atoms with Crippen LogP contribution in [0, 0.1) is 12.8 Å². The second-order valence-corrected chi connectivity index (χ2v) is 11.6. The monoisotopic (exact) mass is 578 g/mol. The SMILES string of the molecule is Cc1cccc(O)c1C(=O)N1CCC(C)(N2CCC(C(Oc3cnccn3)c3ccc(Br)cc3)CC2)CC1. The largest absolute Gasteiger partial charge is 0.507 e. The molecule has 2 fully saturated rings. The lowest BCUT2D eigenvalue weighted by Gasteiger charge is -2.49. The molecule has 0 bridgehead atoms. The number of carbonyl (C=O) groups excluding carboxylic acids is 1. The van der Waals surface area contributed by atoms with Gasteiger partial charge in [-0.3, -0.25) is 14.7 Å². The average molecular weight is 580 g/mol. The molecule has 1 atom stereocenters. The van der Waals surface area contributed by atoms with Gasteiger partial charge in [-0.05, 0) is 81.9 Å². The van der Waals surface area contributed by atoms with E-state index >= 15 is 0 Å². The van der Waals surface area contributed by atoms with Crippen LogP contribution in [-0.2, 0) is 0 Å². The molecule has 2 aromatic carbocycles. The highest BCUT2D eigenvalue weighted by molar-refractivity contribution is 9.10. The highest BCUT2D eigenvalue weighted by atomic mass is 79.9. The number of likely N-dealkylation sites (tertiary alicyclic amines) is 2. The number of hydrogen-bond acceptors (Lipinski definition) is 6. The summed E-state index contributed by atoms with van der Waals surface area (Å²) in [7, 11) is 0. The lowest BCUT2D eigenvalue weighted by atomic mass is 9.82. The summed E-state index contributed by atoms with van der Waals surface area (Å²) in [6.45, 7) is 7.58. The molecule has 1 N–H and O–H groups in total. The Hall–Kier alpha value is -2.97. The van der Waals surface area contributed by atoms with Crippen molar-refractivity contribution in [3.8, 4) is 11.6 Å². The maximum Gasteiger partial charge on any atom is 0.257 e. The number of phenolic OH excluding ortho intramolecular Hbond substituents is 1. The highest BCUT2D eigenvalue weighted by Crippen LogP contribution is 2.39. The third-order valence-electron chi connectivity index (χ3n) is 8.31. The third-order valence-corrected chi connectivity index (χ3v) is 8.84. The number of aryl methyl sites for hydroxylation is 1. The van der Waals surface area contributed by atoms with Crippen molar-refractivity contribution in [3.05, 3.63) is 82.2 Å². The number of piperidine rings is 2. The number of aromatic hydroxyl groups is 1. The lowest BCUT2D eigenvalue weighted by molar-refractivity contribution is -0.00622. The summed E-state index contributed by atoms with van der Waals surface area (Å²) in [6, 6.07) is 13.6. The Balaban J connectivity index is 1.22. The summed E-state index contributed by atoms with van der Waals surface area (Å²) in [5.41, 5.74) is 2.44. The van der Waals surface area contributed by atoms with Crippen LogP contribution in [0.2, 0.25) is 0 Å². The van der Waals surface area contributed by atoms with Crippen LogP contribution in [0.4, 0.5) is 0 Å². The maximum absolute atomic E-state index is 13.2. The van der Waals surface area contributed by atoms with Gasteiger partial charge in [0.25, 0.3) is 5.91 Å². The third kappa shape index (κ3) is 5.71. The highest BCUT2D eigenvalue weighted by Gasteiger charge is 2.40. The molecule has 38 heavy (non-hydrogen) atoms. The van der Waals surface area contributed by atoms with Crippen LogP contribution in [0.15, 0.2) is 65.5 Å². The van der Waals surface area contributed by atoms with Crippen LogP contribution in [0.3, 0.4) is 0 Å². The molecule has 2 aliphatic rings. The van der Waals surface area contributed by atoms with E-state index in [1.165, 1.54) is 0 Å². The van der Waals surface area contributed by atoms with Gasteiger partial charge in [-0.15, -0.1) is 0 Å². The van der Waals surface area contributed by atoms with Crippen LogP contribution in [0.25, 0.3) is 0 Å². The molecule has 1 aromatic heterocycles. The van der Waals surface area contributed by atoms with Gasteiger partial charge in [0, 0.05) is 41.4 Å². The molecular weight excluding hydrogens is 544 g/mol. The quantitative estimate of drug-likeness (QED) is 0.399. The van der Waals surface area contributed by atoms with Crippen LogP contribution < -0.4 is 4.74 Å². The number of benzene rings is 2. The van der Waals surface area contributed by atoms with Gasteiger partial charge in [0.1, 0.15) is 11.9 Å². The molecule has 0 radical (unpaired) electrons. The predicted molar refractivity (Wildman–Crippen MR) is 150 cm³/mol. The first kappa shape index (κ1) is 26.6. The second kappa shape index (κ2) is 11.4. The minimum atomic E-state index is -0.0870. The van der Waals surface area contributed by atoms with Crippen molar-refractivity contribution in [3.63, 3.8) is 0 Å². The summed E-state index contributed by atoms with van der Waals surface area (Å²) in [6.07, 6.45) is 8.79. The predicted octanol–water partition coefficient (Wildman–Crippen LogP) is 5.78. The molecule has 3 heterocycles. The van der Waals surface area contributed by atoms with E-state index in [4.69, 9.17) is 4.74 Å². The number of amides is 1. The standard InChI is InChI=1S/C30H35BrN4O3/c1-21-4-3-5-25(36)27(21)29(37)34-18-12-30(2,13-19-34)35-16-10-23(11-17-35)28(22-6-8-24(31)9-7-22)38-26-20-32-14-15-33-26/h3-9,14-15,20,23,28,36H,10-13,16-19H2,1-2H3. The van der Waals surface area contributed by atoms with Gasteiger partial charge in [0.15, 0.2) is 0 Å². The van der Waals surface area contributed by atoms with Crippen molar-refractivity contribution in [1.29, 1.82) is 0 Å². The van der Waals surface area contributed by atoms with E-state index in [0.29, 0.717) is 30.5 Å². The molecule has 2 aliphatic heterocycles. The number of carbonyl (C=O) groups is 1. The zero-order valence-electron chi connectivity index (χ0n) is 22.0. The van der Waals surface area contributed by atoms with Crippen molar-refractivity contribution in [1.82, 2.24) is 19.8 Å². The minimum absolute atomic E-state index is 0.0500. The molecule has 200 valence electrons. The Morgan fingerprint density at radius 2 is 1.79 bits per heavy atom. The van der Waals surface area contributed by atoms with Crippen molar-refractivity contribution in [2.24, 2.45) is 5.92 Å². The molecule has 1 amide bonds. The van der Waals surface area contributed by atoms with Gasteiger partial charge in [-0.2, -0.15) is 0 Å². The smallest absolute Gasteiger partial charge is 0.257 e. The maximum atomic E-state index is 13.2. The van der Waals surface area contributed by atoms with Crippen LogP contribution >= 0.6 is 15.9 Å². The summed E-state index contributed by atoms with van der Waals surface area (Å²) >= 11 is 3.54. The van der Waals surface area contributed by atoms with Crippen molar-refractivity contribution < 1.29 is 14.6 Å². The van der Waals surface area contributed by atoms with Crippen LogP contribution in [-0.4, -0.2) is 62.5 Å². The number of phenols is 1. The number of nitrogens with zero attached hydrogens (tertiary/aromatic N) is 4. The van der Waals surface area contributed by atoms with Crippen LogP contribution in [0.5, 0.6) is 11.6 Å². The van der Waals surface area contributed by atoms with Gasteiger partial charge < -0.3 is 14.7 Å². The normalized spacial score (nSPS) is 19.2. The Morgan fingerprint density at radius 3 is 2.42 bits per heavy atom. The molecule has 2 saturated heterocycles. The molecule has 5 rings (SSSR count). The minimum Gasteiger partial charge on any atom is -0.507 e. The molecule has 0 saturated carbocycles. The number of halogens is 1. The molecule has 7 nitrogen and oxygen atoms in total. The molecule has 8 heteroatoms. The first-order chi connectivity index (χ1) is 18.3. The van der Waals surface area contributed by atoms with E-state index in [0.717, 1.165) is 54.4 Å². The van der Waals surface area contributed by atoms with E-state index < -0.39 is 0 Å². The number of ether oxygens (including phenoxy) is 1. The fraction of sp³-hybridized carbons (Fsp3) is 0.433. The summed E-state index contributed by atoms with van der Waals surface area (Å²) < 4.78 is 7.46. The Morgan fingerprint density at radius 1 is 1.08 bits per heavy atom. The molecule has 0 spiro atoms. The second-order valence-electron chi connectivity index (χ2n) is 10.7. The number of hydrogen-bond donors (Lipinski definition) is 1.